The second kappa shape index (κ2) is 14.5. The van der Waals surface area contributed by atoms with E-state index in [0.717, 1.165) is 27.6 Å². The highest BCUT2D eigenvalue weighted by atomic mass is 79.9. The third-order valence-corrected chi connectivity index (χ3v) is 7.61. The molecule has 0 fully saturated rings. The monoisotopic (exact) mass is 586 g/mol. The van der Waals surface area contributed by atoms with Crippen molar-refractivity contribution in [1.82, 2.24) is 10.2 Å². The number of rotatable bonds is 12. The molecular formula is C29H32BrClN2O2S. The van der Waals surface area contributed by atoms with Gasteiger partial charge in [-0.05, 0) is 54.3 Å². The molecule has 7 heteroatoms. The predicted molar refractivity (Wildman–Crippen MR) is 154 cm³/mol. The second-order valence-corrected chi connectivity index (χ2v) is 11.1. The van der Waals surface area contributed by atoms with Crippen LogP contribution in [-0.4, -0.2) is 34.6 Å². The van der Waals surface area contributed by atoms with Gasteiger partial charge in [0.1, 0.15) is 6.04 Å². The molecule has 190 valence electrons. The van der Waals surface area contributed by atoms with E-state index in [2.05, 4.69) is 21.2 Å². The lowest BCUT2D eigenvalue weighted by atomic mass is 10.0. The van der Waals surface area contributed by atoms with Gasteiger partial charge in [0.15, 0.2) is 0 Å². The van der Waals surface area contributed by atoms with Gasteiger partial charge >= 0.3 is 0 Å². The third-order valence-electron chi connectivity index (χ3n) is 5.90. The van der Waals surface area contributed by atoms with Crippen LogP contribution in [0.2, 0.25) is 5.02 Å². The molecule has 0 radical (unpaired) electrons. The lowest BCUT2D eigenvalue weighted by Gasteiger charge is -2.32. The zero-order valence-electron chi connectivity index (χ0n) is 20.6. The first-order valence-corrected chi connectivity index (χ1v) is 14.4. The van der Waals surface area contributed by atoms with E-state index in [4.69, 9.17) is 11.6 Å². The molecule has 3 aromatic rings. The molecule has 36 heavy (non-hydrogen) atoms. The number of hydrogen-bond donors (Lipinski definition) is 1. The average Bonchev–Trinajstić information content (AvgIpc) is 2.86. The number of nitrogens with one attached hydrogen (secondary N) is 1. The number of hydrogen-bond acceptors (Lipinski definition) is 3. The van der Waals surface area contributed by atoms with Gasteiger partial charge in [0.05, 0.1) is 5.75 Å². The first-order valence-electron chi connectivity index (χ1n) is 12.1. The van der Waals surface area contributed by atoms with Gasteiger partial charge in [-0.2, -0.15) is 0 Å². The van der Waals surface area contributed by atoms with Gasteiger partial charge in [-0.3, -0.25) is 9.59 Å². The molecule has 2 amide bonds. The molecule has 0 saturated carbocycles. The minimum Gasteiger partial charge on any atom is -0.352 e. The summed E-state index contributed by atoms with van der Waals surface area (Å²) < 4.78 is 0.936. The van der Waals surface area contributed by atoms with Gasteiger partial charge in [-0.1, -0.05) is 89.1 Å². The number of halogens is 2. The summed E-state index contributed by atoms with van der Waals surface area (Å²) in [6.45, 7) is 4.37. The van der Waals surface area contributed by atoms with Crippen LogP contribution >= 0.6 is 39.3 Å². The fraction of sp³-hybridized carbons (Fsp3) is 0.310. The van der Waals surface area contributed by atoms with E-state index in [-0.39, 0.29) is 23.6 Å². The van der Waals surface area contributed by atoms with Crippen LogP contribution in [0.15, 0.2) is 83.3 Å². The molecule has 1 N–H and O–H groups in total. The van der Waals surface area contributed by atoms with E-state index in [1.54, 1.807) is 4.90 Å². The van der Waals surface area contributed by atoms with Crippen molar-refractivity contribution in [3.05, 3.63) is 105 Å². The standard InChI is InChI=1S/C29H32BrClN2O2S/c1-3-21(2)32-29(35)27(17-22-9-5-4-6-10-22)33(18-23-11-7-13-25(30)15-23)28(34)20-36-19-24-12-8-14-26(31)16-24/h4-16,21,27H,3,17-20H2,1-2H3,(H,32,35). The Morgan fingerprint density at radius 1 is 0.972 bits per heavy atom. The van der Waals surface area contributed by atoms with Gasteiger partial charge < -0.3 is 10.2 Å². The van der Waals surface area contributed by atoms with E-state index in [9.17, 15) is 9.59 Å². The molecule has 0 aliphatic heterocycles. The second-order valence-electron chi connectivity index (χ2n) is 8.80. The molecular weight excluding hydrogens is 556 g/mol. The Hall–Kier alpha value is -2.28. The maximum atomic E-state index is 13.7. The van der Waals surface area contributed by atoms with Gasteiger partial charge in [-0.15, -0.1) is 11.8 Å². The van der Waals surface area contributed by atoms with Crippen molar-refractivity contribution in [2.45, 2.75) is 51.1 Å². The molecule has 2 unspecified atom stereocenters. The third kappa shape index (κ3) is 8.99. The van der Waals surface area contributed by atoms with Gasteiger partial charge in [-0.25, -0.2) is 0 Å². The van der Waals surface area contributed by atoms with Crippen molar-refractivity contribution >= 4 is 51.1 Å². The van der Waals surface area contributed by atoms with Crippen molar-refractivity contribution in [1.29, 1.82) is 0 Å². The fourth-order valence-corrected chi connectivity index (χ4v) is 5.31. The molecule has 0 bridgehead atoms. The van der Waals surface area contributed by atoms with E-state index >= 15 is 0 Å². The summed E-state index contributed by atoms with van der Waals surface area (Å²) in [5, 5.41) is 3.79. The summed E-state index contributed by atoms with van der Waals surface area (Å²) in [5.41, 5.74) is 3.04. The fourth-order valence-electron chi connectivity index (χ4n) is 3.79. The van der Waals surface area contributed by atoms with Crippen molar-refractivity contribution in [2.75, 3.05) is 5.75 Å². The Balaban J connectivity index is 1.85. The Bertz CT molecular complexity index is 1140. The Morgan fingerprint density at radius 2 is 1.67 bits per heavy atom. The smallest absolute Gasteiger partial charge is 0.243 e. The molecule has 2 atom stereocenters. The Morgan fingerprint density at radius 3 is 2.36 bits per heavy atom. The molecule has 0 spiro atoms. The summed E-state index contributed by atoms with van der Waals surface area (Å²) in [4.78, 5) is 28.9. The topological polar surface area (TPSA) is 49.4 Å². The number of carbonyl (C=O) groups is 2. The van der Waals surface area contributed by atoms with Crippen molar-refractivity contribution < 1.29 is 9.59 Å². The summed E-state index contributed by atoms with van der Waals surface area (Å²) in [6.07, 6.45) is 1.26. The normalized spacial score (nSPS) is 12.6. The van der Waals surface area contributed by atoms with Crippen LogP contribution in [0.4, 0.5) is 0 Å². The molecule has 4 nitrogen and oxygen atoms in total. The lowest BCUT2D eigenvalue weighted by Crippen LogP contribution is -2.52. The van der Waals surface area contributed by atoms with Gasteiger partial charge in [0.25, 0.3) is 0 Å². The Labute approximate surface area is 231 Å². The largest absolute Gasteiger partial charge is 0.352 e. The molecule has 0 heterocycles. The van der Waals surface area contributed by atoms with E-state index in [0.29, 0.717) is 23.7 Å². The number of thioether (sulfide) groups is 1. The summed E-state index contributed by atoms with van der Waals surface area (Å²) in [7, 11) is 0. The molecule has 0 saturated heterocycles. The Kier molecular flexibility index (Phi) is 11.4. The van der Waals surface area contributed by atoms with Crippen LogP contribution in [0.25, 0.3) is 0 Å². The molecule has 0 aliphatic rings. The molecule has 0 aliphatic carbocycles. The highest BCUT2D eigenvalue weighted by molar-refractivity contribution is 9.10. The van der Waals surface area contributed by atoms with Crippen molar-refractivity contribution in [3.8, 4) is 0 Å². The number of amides is 2. The number of benzene rings is 3. The van der Waals surface area contributed by atoms with Crippen LogP contribution < -0.4 is 5.32 Å². The zero-order chi connectivity index (χ0) is 25.9. The SMILES string of the molecule is CCC(C)NC(=O)C(Cc1ccccc1)N(Cc1cccc(Br)c1)C(=O)CSCc1cccc(Cl)c1. The van der Waals surface area contributed by atoms with Crippen LogP contribution in [0.3, 0.4) is 0 Å². The van der Waals surface area contributed by atoms with Crippen LogP contribution in [0, 0.1) is 0 Å². The van der Waals surface area contributed by atoms with Crippen LogP contribution in [0.5, 0.6) is 0 Å². The quantitative estimate of drug-likeness (QED) is 0.251. The number of nitrogens with zero attached hydrogens (tertiary/aromatic N) is 1. The zero-order valence-corrected chi connectivity index (χ0v) is 23.8. The summed E-state index contributed by atoms with van der Waals surface area (Å²) in [6, 6.07) is 24.8. The lowest BCUT2D eigenvalue weighted by molar-refractivity contribution is -0.139. The highest BCUT2D eigenvalue weighted by Gasteiger charge is 2.30. The molecule has 0 aromatic heterocycles. The highest BCUT2D eigenvalue weighted by Crippen LogP contribution is 2.21. The summed E-state index contributed by atoms with van der Waals surface area (Å²) in [5.74, 6) is 0.737. The van der Waals surface area contributed by atoms with E-state index in [1.165, 1.54) is 11.8 Å². The van der Waals surface area contributed by atoms with Crippen molar-refractivity contribution in [3.63, 3.8) is 0 Å². The number of carbonyl (C=O) groups excluding carboxylic acids is 2. The van der Waals surface area contributed by atoms with Crippen LogP contribution in [0.1, 0.15) is 37.0 Å². The first kappa shape index (κ1) is 28.3. The average molecular weight is 588 g/mol. The van der Waals surface area contributed by atoms with E-state index in [1.807, 2.05) is 92.7 Å². The molecule has 3 aromatic carbocycles. The first-order chi connectivity index (χ1) is 17.4. The van der Waals surface area contributed by atoms with Gasteiger partial charge in [0.2, 0.25) is 11.8 Å². The van der Waals surface area contributed by atoms with Gasteiger partial charge in [0, 0.05) is 34.3 Å². The van der Waals surface area contributed by atoms with Crippen LogP contribution in [-0.2, 0) is 28.3 Å². The maximum Gasteiger partial charge on any atom is 0.243 e. The predicted octanol–water partition coefficient (Wildman–Crippen LogP) is 6.89. The minimum absolute atomic E-state index is 0.0239. The van der Waals surface area contributed by atoms with E-state index < -0.39 is 6.04 Å². The maximum absolute atomic E-state index is 13.7. The molecule has 3 rings (SSSR count). The summed E-state index contributed by atoms with van der Waals surface area (Å²) >= 11 is 11.2. The van der Waals surface area contributed by atoms with Crippen molar-refractivity contribution in [2.24, 2.45) is 0 Å². The minimum atomic E-state index is -0.625.